The Kier molecular flexibility index (Phi) is 5.72. The molecule has 5 fully saturated rings. The number of ketones is 1. The summed E-state index contributed by atoms with van der Waals surface area (Å²) < 4.78 is 5.80. The molecule has 0 aromatic rings. The first-order valence-corrected chi connectivity index (χ1v) is 13.6. The van der Waals surface area contributed by atoms with Crippen LogP contribution < -0.4 is 16.0 Å². The Bertz CT molecular complexity index is 1100. The van der Waals surface area contributed by atoms with E-state index in [9.17, 15) is 40.2 Å². The van der Waals surface area contributed by atoms with Gasteiger partial charge < -0.3 is 51.3 Å². The SMILES string of the molecule is O=C1CC(O)=CC2C1NC1C3NC4C=C(O)C(C5OC(CO)C(O)C(O)C5O)CC4C3C3C(=O)NCC3C21. The highest BCUT2D eigenvalue weighted by molar-refractivity contribution is 5.88. The van der Waals surface area contributed by atoms with E-state index in [0.29, 0.717) is 13.0 Å². The highest BCUT2D eigenvalue weighted by Crippen LogP contribution is 2.56. The van der Waals surface area contributed by atoms with Crippen molar-refractivity contribution in [1.82, 2.24) is 16.0 Å². The molecule has 4 aliphatic heterocycles. The Hall–Kier alpha value is -2.06. The summed E-state index contributed by atoms with van der Waals surface area (Å²) in [6.07, 6.45) is -2.79. The number of aliphatic hydroxyl groups is 6. The summed E-state index contributed by atoms with van der Waals surface area (Å²) in [7, 11) is 0. The molecular formula is C26H35N3O9. The van der Waals surface area contributed by atoms with E-state index in [1.807, 2.05) is 0 Å². The number of nitrogens with one attached hydrogen (secondary N) is 3. The molecule has 12 heteroatoms. The van der Waals surface area contributed by atoms with Crippen molar-refractivity contribution in [3.05, 3.63) is 23.7 Å². The molecular weight excluding hydrogens is 498 g/mol. The minimum absolute atomic E-state index is 0.00302. The number of rotatable bonds is 2. The lowest BCUT2D eigenvalue weighted by molar-refractivity contribution is -0.242. The maximum absolute atomic E-state index is 13.3. The van der Waals surface area contributed by atoms with Crippen LogP contribution in [0.25, 0.3) is 0 Å². The summed E-state index contributed by atoms with van der Waals surface area (Å²) in [5, 5.41) is 72.4. The zero-order chi connectivity index (χ0) is 26.6. The van der Waals surface area contributed by atoms with Gasteiger partial charge in [0.05, 0.1) is 36.7 Å². The van der Waals surface area contributed by atoms with Crippen LogP contribution >= 0.6 is 0 Å². The van der Waals surface area contributed by atoms with Crippen molar-refractivity contribution in [2.24, 2.45) is 41.4 Å². The second-order valence-electron chi connectivity index (χ2n) is 12.2. The van der Waals surface area contributed by atoms with Crippen molar-refractivity contribution >= 4 is 11.7 Å². The van der Waals surface area contributed by atoms with E-state index >= 15 is 0 Å². The van der Waals surface area contributed by atoms with E-state index in [1.165, 1.54) is 0 Å². The molecule has 38 heavy (non-hydrogen) atoms. The topological polar surface area (TPSA) is 201 Å². The number of Topliss-reactive ketones (excluding diaryl/α,β-unsaturated/α-hetero) is 1. The fourth-order valence-electron chi connectivity index (χ4n) is 9.12. The van der Waals surface area contributed by atoms with Gasteiger partial charge >= 0.3 is 0 Å². The van der Waals surface area contributed by atoms with Crippen molar-refractivity contribution in [3.8, 4) is 0 Å². The lowest BCUT2D eigenvalue weighted by Crippen LogP contribution is -2.61. The van der Waals surface area contributed by atoms with Gasteiger partial charge in [0.2, 0.25) is 5.91 Å². The normalized spacial score (nSPS) is 55.2. The zero-order valence-corrected chi connectivity index (χ0v) is 20.6. The molecule has 0 spiro atoms. The molecule has 7 rings (SSSR count). The van der Waals surface area contributed by atoms with Gasteiger partial charge in [-0.15, -0.1) is 0 Å². The predicted molar refractivity (Wildman–Crippen MR) is 128 cm³/mol. The van der Waals surface area contributed by atoms with Gasteiger partial charge in [-0.2, -0.15) is 0 Å². The van der Waals surface area contributed by atoms with Gasteiger partial charge in [-0.25, -0.2) is 0 Å². The summed E-state index contributed by atoms with van der Waals surface area (Å²) in [5.41, 5.74) is 0. The summed E-state index contributed by atoms with van der Waals surface area (Å²) >= 11 is 0. The molecule has 0 aromatic carbocycles. The Balaban J connectivity index is 1.22. The average Bonchev–Trinajstić information content (AvgIpc) is 3.55. The lowest BCUT2D eigenvalue weighted by Gasteiger charge is -2.47. The number of carbonyl (C=O) groups excluding carboxylic acids is 2. The summed E-state index contributed by atoms with van der Waals surface area (Å²) in [6.45, 7) is -0.0587. The third-order valence-electron chi connectivity index (χ3n) is 10.6. The largest absolute Gasteiger partial charge is 0.512 e. The number of amides is 1. The van der Waals surface area contributed by atoms with E-state index in [-0.39, 0.29) is 83.3 Å². The number of aliphatic hydroxyl groups excluding tert-OH is 6. The highest BCUT2D eigenvalue weighted by atomic mass is 16.5. The first-order chi connectivity index (χ1) is 18.2. The van der Waals surface area contributed by atoms with Crippen molar-refractivity contribution < 1.29 is 45.0 Å². The third-order valence-corrected chi connectivity index (χ3v) is 10.6. The second-order valence-corrected chi connectivity index (χ2v) is 12.2. The molecule has 7 aliphatic rings. The zero-order valence-electron chi connectivity index (χ0n) is 20.6. The second kappa shape index (κ2) is 8.72. The number of carbonyl (C=O) groups is 2. The maximum Gasteiger partial charge on any atom is 0.223 e. The number of fused-ring (bicyclic) bond motifs is 10. The summed E-state index contributed by atoms with van der Waals surface area (Å²) in [5.74, 6) is -1.51. The van der Waals surface area contributed by atoms with E-state index < -0.39 is 49.1 Å². The Morgan fingerprint density at radius 2 is 1.71 bits per heavy atom. The van der Waals surface area contributed by atoms with E-state index in [4.69, 9.17) is 4.74 Å². The van der Waals surface area contributed by atoms with Crippen LogP contribution in [0.3, 0.4) is 0 Å². The van der Waals surface area contributed by atoms with Crippen LogP contribution in [0.2, 0.25) is 0 Å². The van der Waals surface area contributed by atoms with Crippen LogP contribution in [0.15, 0.2) is 23.7 Å². The molecule has 16 unspecified atom stereocenters. The van der Waals surface area contributed by atoms with Gasteiger partial charge in [-0.1, -0.05) is 0 Å². The van der Waals surface area contributed by atoms with Gasteiger partial charge in [0.1, 0.15) is 24.4 Å². The minimum atomic E-state index is -1.54. The number of hydrogen-bond acceptors (Lipinski definition) is 11. The number of ether oxygens (including phenoxy) is 1. The van der Waals surface area contributed by atoms with Crippen molar-refractivity contribution in [2.45, 2.75) is 67.5 Å². The van der Waals surface area contributed by atoms with E-state index in [2.05, 4.69) is 16.0 Å². The molecule has 208 valence electrons. The van der Waals surface area contributed by atoms with Gasteiger partial charge in [0.15, 0.2) is 5.78 Å². The van der Waals surface area contributed by atoms with Gasteiger partial charge in [-0.3, -0.25) is 9.59 Å². The Morgan fingerprint density at radius 1 is 0.947 bits per heavy atom. The van der Waals surface area contributed by atoms with Crippen LogP contribution in [0.4, 0.5) is 0 Å². The Labute approximate surface area is 218 Å². The molecule has 4 saturated heterocycles. The van der Waals surface area contributed by atoms with Crippen LogP contribution in [-0.2, 0) is 14.3 Å². The summed E-state index contributed by atoms with van der Waals surface area (Å²) in [6, 6.07) is -0.928. The molecule has 0 aromatic heterocycles. The molecule has 9 N–H and O–H groups in total. The number of allylic oxidation sites excluding steroid dienone is 1. The quantitative estimate of drug-likeness (QED) is 0.178. The maximum atomic E-state index is 13.3. The molecule has 3 aliphatic carbocycles. The first kappa shape index (κ1) is 24.9. The van der Waals surface area contributed by atoms with Crippen LogP contribution in [0.5, 0.6) is 0 Å². The van der Waals surface area contributed by atoms with Gasteiger partial charge in [0, 0.05) is 42.4 Å². The lowest BCUT2D eigenvalue weighted by atomic mass is 9.57. The van der Waals surface area contributed by atoms with Gasteiger partial charge in [0.25, 0.3) is 0 Å². The van der Waals surface area contributed by atoms with E-state index in [0.717, 1.165) is 0 Å². The monoisotopic (exact) mass is 533 g/mol. The molecule has 4 heterocycles. The standard InChI is InChI=1S/C26H35N3O9/c30-6-15-22(34)23(35)24(36)25(38-15)9-3-8-12(4-13(9)32)28-21-17(8)18-11(5-27-26(18)37)16-10-1-7(31)2-14(33)19(10)29-20(16)21/h1,4,8-12,15-25,28-32,34-36H,2-3,5-6H2,(H,27,37). The fourth-order valence-corrected chi connectivity index (χ4v) is 9.12. The van der Waals surface area contributed by atoms with Gasteiger partial charge in [-0.05, 0) is 42.2 Å². The molecule has 16 atom stereocenters. The highest BCUT2D eigenvalue weighted by Gasteiger charge is 2.66. The molecule has 0 bridgehead atoms. The minimum Gasteiger partial charge on any atom is -0.512 e. The van der Waals surface area contributed by atoms with Crippen molar-refractivity contribution in [3.63, 3.8) is 0 Å². The average molecular weight is 534 g/mol. The molecule has 1 amide bonds. The van der Waals surface area contributed by atoms with Crippen LogP contribution in [-0.4, -0.2) is 110 Å². The van der Waals surface area contributed by atoms with Crippen molar-refractivity contribution in [2.75, 3.05) is 13.2 Å². The van der Waals surface area contributed by atoms with Crippen molar-refractivity contribution in [1.29, 1.82) is 0 Å². The molecule has 1 saturated carbocycles. The molecule has 12 nitrogen and oxygen atoms in total. The predicted octanol–water partition coefficient (Wildman–Crippen LogP) is -2.77. The third kappa shape index (κ3) is 3.34. The fraction of sp³-hybridized carbons (Fsp3) is 0.769. The van der Waals surface area contributed by atoms with Crippen LogP contribution in [0, 0.1) is 41.4 Å². The number of hydrogen-bond donors (Lipinski definition) is 9. The van der Waals surface area contributed by atoms with E-state index in [1.54, 1.807) is 12.2 Å². The Morgan fingerprint density at radius 3 is 2.47 bits per heavy atom. The first-order valence-electron chi connectivity index (χ1n) is 13.6. The summed E-state index contributed by atoms with van der Waals surface area (Å²) in [4.78, 5) is 26.1. The van der Waals surface area contributed by atoms with Crippen LogP contribution in [0.1, 0.15) is 12.8 Å². The smallest absolute Gasteiger partial charge is 0.223 e. The molecule has 0 radical (unpaired) electrons.